The van der Waals surface area contributed by atoms with Crippen LogP contribution in [0.4, 0.5) is 8.78 Å². The van der Waals surface area contributed by atoms with E-state index < -0.39 is 20.3 Å². The first-order chi connectivity index (χ1) is 4.42. The van der Waals surface area contributed by atoms with Crippen molar-refractivity contribution in [2.75, 3.05) is 0 Å². The minimum atomic E-state index is -4.76. The molecular weight excluding hydrogens is 188 g/mol. The molecule has 0 saturated carbocycles. The number of nitrogens with zero attached hydrogens (tertiary/aromatic N) is 1. The lowest BCUT2D eigenvalue weighted by Gasteiger charge is -1.99. The van der Waals surface area contributed by atoms with E-state index in [9.17, 15) is 17.2 Å². The quantitative estimate of drug-likeness (QED) is 0.602. The standard InChI is InChI=1S/C3H2ClF2NO2S/c4-2(1-7)10(8,9)3(5)6/h2-3H. The molecule has 10 heavy (non-hydrogen) atoms. The summed E-state index contributed by atoms with van der Waals surface area (Å²) in [4.78, 5) is 0. The van der Waals surface area contributed by atoms with E-state index in [-0.39, 0.29) is 0 Å². The van der Waals surface area contributed by atoms with E-state index in [1.807, 2.05) is 0 Å². The largest absolute Gasteiger partial charge is 0.339 e. The molecule has 0 heterocycles. The molecule has 3 nitrogen and oxygen atoms in total. The van der Waals surface area contributed by atoms with Crippen LogP contribution in [-0.2, 0) is 9.84 Å². The predicted octanol–water partition coefficient (Wildman–Crippen LogP) is 0.712. The Bertz CT molecular complexity index is 244. The van der Waals surface area contributed by atoms with Gasteiger partial charge in [-0.3, -0.25) is 0 Å². The summed E-state index contributed by atoms with van der Waals surface area (Å²) < 4.78 is 41.0. The Kier molecular flexibility index (Phi) is 2.99. The third-order valence-electron chi connectivity index (χ3n) is 0.638. The molecule has 58 valence electrons. The molecule has 0 aromatic carbocycles. The number of nitriles is 1. The summed E-state index contributed by atoms with van der Waals surface area (Å²) in [5, 5.41) is 7.82. The van der Waals surface area contributed by atoms with Gasteiger partial charge in [0.1, 0.15) is 0 Å². The van der Waals surface area contributed by atoms with E-state index in [4.69, 9.17) is 16.9 Å². The molecule has 0 aliphatic carbocycles. The maximum absolute atomic E-state index is 11.4. The molecule has 0 amide bonds. The lowest BCUT2D eigenvalue weighted by Crippen LogP contribution is -2.20. The van der Waals surface area contributed by atoms with Crippen LogP contribution in [-0.4, -0.2) is 18.9 Å². The Morgan fingerprint density at radius 3 is 2.00 bits per heavy atom. The maximum Gasteiger partial charge on any atom is 0.339 e. The lowest BCUT2D eigenvalue weighted by atomic mass is 10.9. The van der Waals surface area contributed by atoms with Crippen molar-refractivity contribution in [2.45, 2.75) is 10.5 Å². The van der Waals surface area contributed by atoms with Crippen LogP contribution in [0.3, 0.4) is 0 Å². The van der Waals surface area contributed by atoms with Crippen molar-refractivity contribution < 1.29 is 17.2 Å². The van der Waals surface area contributed by atoms with Crippen molar-refractivity contribution in [1.82, 2.24) is 0 Å². The Labute approximate surface area is 61.1 Å². The molecule has 1 atom stereocenters. The fourth-order valence-electron chi connectivity index (χ4n) is 0.164. The zero-order valence-corrected chi connectivity index (χ0v) is 6.03. The monoisotopic (exact) mass is 189 g/mol. The SMILES string of the molecule is N#CC(Cl)S(=O)(=O)C(F)F. The summed E-state index contributed by atoms with van der Waals surface area (Å²) in [7, 11) is -4.76. The lowest BCUT2D eigenvalue weighted by molar-refractivity contribution is 0.235. The average molecular weight is 190 g/mol. The molecule has 0 bridgehead atoms. The fourth-order valence-corrected chi connectivity index (χ4v) is 0.725. The van der Waals surface area contributed by atoms with Gasteiger partial charge in [-0.2, -0.15) is 14.0 Å². The van der Waals surface area contributed by atoms with Gasteiger partial charge in [0.25, 0.3) is 0 Å². The van der Waals surface area contributed by atoms with E-state index in [1.54, 1.807) is 0 Å². The van der Waals surface area contributed by atoms with Gasteiger partial charge < -0.3 is 0 Å². The van der Waals surface area contributed by atoms with Crippen LogP contribution < -0.4 is 0 Å². The molecule has 0 aromatic heterocycles. The number of sulfone groups is 1. The van der Waals surface area contributed by atoms with Gasteiger partial charge in [-0.05, 0) is 0 Å². The van der Waals surface area contributed by atoms with Gasteiger partial charge in [0, 0.05) is 0 Å². The van der Waals surface area contributed by atoms with Crippen LogP contribution in [0.25, 0.3) is 0 Å². The smallest absolute Gasteiger partial charge is 0.220 e. The van der Waals surface area contributed by atoms with E-state index >= 15 is 0 Å². The van der Waals surface area contributed by atoms with Crippen molar-refractivity contribution in [1.29, 1.82) is 5.26 Å². The van der Waals surface area contributed by atoms with Crippen LogP contribution in [0.2, 0.25) is 0 Å². The maximum atomic E-state index is 11.4. The van der Waals surface area contributed by atoms with E-state index in [0.29, 0.717) is 0 Å². The van der Waals surface area contributed by atoms with Gasteiger partial charge >= 0.3 is 5.76 Å². The second-order valence-electron chi connectivity index (χ2n) is 1.29. The number of rotatable bonds is 2. The van der Waals surface area contributed by atoms with Gasteiger partial charge in [0.15, 0.2) is 0 Å². The Hall–Kier alpha value is -0.410. The van der Waals surface area contributed by atoms with E-state index in [1.165, 1.54) is 0 Å². The first-order valence-electron chi connectivity index (χ1n) is 1.97. The number of halogens is 3. The number of hydrogen-bond acceptors (Lipinski definition) is 3. The van der Waals surface area contributed by atoms with Gasteiger partial charge in [0.2, 0.25) is 14.5 Å². The second kappa shape index (κ2) is 3.12. The summed E-state index contributed by atoms with van der Waals surface area (Å²) in [6.45, 7) is 0. The molecule has 0 rings (SSSR count). The molecular formula is C3H2ClF2NO2S. The Morgan fingerprint density at radius 1 is 1.50 bits per heavy atom. The van der Waals surface area contributed by atoms with Crippen LogP contribution in [0.5, 0.6) is 0 Å². The Morgan fingerprint density at radius 2 is 1.90 bits per heavy atom. The molecule has 7 heteroatoms. The minimum absolute atomic E-state index is 0.984. The molecule has 0 spiro atoms. The molecule has 0 aliphatic heterocycles. The molecule has 0 aliphatic rings. The van der Waals surface area contributed by atoms with Crippen LogP contribution >= 0.6 is 11.6 Å². The van der Waals surface area contributed by atoms with Gasteiger partial charge in [0.05, 0.1) is 6.07 Å². The highest BCUT2D eigenvalue weighted by Crippen LogP contribution is 2.14. The Balaban J connectivity index is 4.64. The molecule has 0 radical (unpaired) electrons. The van der Waals surface area contributed by atoms with Crippen molar-refractivity contribution in [3.05, 3.63) is 0 Å². The highest BCUT2D eigenvalue weighted by Gasteiger charge is 2.32. The first kappa shape index (κ1) is 9.59. The molecule has 0 N–H and O–H groups in total. The van der Waals surface area contributed by atoms with Crippen LogP contribution in [0, 0.1) is 11.3 Å². The fraction of sp³-hybridized carbons (Fsp3) is 0.667. The second-order valence-corrected chi connectivity index (χ2v) is 4.00. The highest BCUT2D eigenvalue weighted by atomic mass is 35.5. The summed E-state index contributed by atoms with van der Waals surface area (Å²) in [6.07, 6.45) is 0. The molecule has 0 fully saturated rings. The summed E-state index contributed by atoms with van der Waals surface area (Å²) in [5.74, 6) is -3.59. The van der Waals surface area contributed by atoms with Crippen molar-refractivity contribution in [3.63, 3.8) is 0 Å². The predicted molar refractivity (Wildman–Crippen MR) is 30.2 cm³/mol. The zero-order chi connectivity index (χ0) is 8.36. The number of hydrogen-bond donors (Lipinski definition) is 0. The van der Waals surface area contributed by atoms with Gasteiger partial charge in [-0.25, -0.2) is 8.42 Å². The zero-order valence-electron chi connectivity index (χ0n) is 4.46. The van der Waals surface area contributed by atoms with Crippen molar-refractivity contribution in [3.8, 4) is 6.07 Å². The van der Waals surface area contributed by atoms with Crippen LogP contribution in [0.15, 0.2) is 0 Å². The molecule has 1 unspecified atom stereocenters. The third kappa shape index (κ3) is 1.78. The minimum Gasteiger partial charge on any atom is -0.220 e. The van der Waals surface area contributed by atoms with Crippen LogP contribution in [0.1, 0.15) is 0 Å². The van der Waals surface area contributed by atoms with Gasteiger partial charge in [-0.1, -0.05) is 11.6 Å². The topological polar surface area (TPSA) is 57.9 Å². The molecule has 0 aromatic rings. The first-order valence-corrected chi connectivity index (χ1v) is 4.02. The molecule has 0 saturated heterocycles. The van der Waals surface area contributed by atoms with Gasteiger partial charge in [-0.15, -0.1) is 0 Å². The normalized spacial score (nSPS) is 14.7. The third-order valence-corrected chi connectivity index (χ3v) is 2.66. The highest BCUT2D eigenvalue weighted by molar-refractivity contribution is 7.93. The van der Waals surface area contributed by atoms with Crippen molar-refractivity contribution in [2.24, 2.45) is 0 Å². The average Bonchev–Trinajstić information content (AvgIpc) is 1.86. The van der Waals surface area contributed by atoms with E-state index in [0.717, 1.165) is 6.07 Å². The summed E-state index contributed by atoms with van der Waals surface area (Å²) >= 11 is 4.72. The number of alkyl halides is 3. The summed E-state index contributed by atoms with van der Waals surface area (Å²) in [5.41, 5.74) is 0. The van der Waals surface area contributed by atoms with Crippen molar-refractivity contribution >= 4 is 21.4 Å². The summed E-state index contributed by atoms with van der Waals surface area (Å²) in [6, 6.07) is 0.984. The van der Waals surface area contributed by atoms with E-state index in [2.05, 4.69) is 0 Å².